The van der Waals surface area contributed by atoms with Crippen LogP contribution in [0.25, 0.3) is 0 Å². The second kappa shape index (κ2) is 7.80. The van der Waals surface area contributed by atoms with Crippen LogP contribution in [0.4, 0.5) is 4.39 Å². The first-order valence-corrected chi connectivity index (χ1v) is 11.9. The van der Waals surface area contributed by atoms with Crippen LogP contribution in [0.15, 0.2) is 53.6 Å². The molecule has 8 heteroatoms. The Morgan fingerprint density at radius 1 is 1.23 bits per heavy atom. The van der Waals surface area contributed by atoms with Gasteiger partial charge in [0.1, 0.15) is 17.7 Å². The van der Waals surface area contributed by atoms with Gasteiger partial charge < -0.3 is 9.72 Å². The monoisotopic (exact) mass is 448 g/mol. The van der Waals surface area contributed by atoms with Crippen LogP contribution < -0.4 is 0 Å². The lowest BCUT2D eigenvalue weighted by Crippen LogP contribution is -2.19. The van der Waals surface area contributed by atoms with Crippen molar-refractivity contribution in [3.63, 3.8) is 0 Å². The Kier molecular flexibility index (Phi) is 5.46. The summed E-state index contributed by atoms with van der Waals surface area (Å²) in [6, 6.07) is 14.5. The molecule has 0 aliphatic heterocycles. The minimum atomic E-state index is -3.50. The number of ether oxygens (including phenoxy) is 1. The van der Waals surface area contributed by atoms with Gasteiger partial charge in [-0.2, -0.15) is 0 Å². The number of hydrogen-bond acceptors (Lipinski definition) is 4. The van der Waals surface area contributed by atoms with Gasteiger partial charge in [-0.1, -0.05) is 48.0 Å². The predicted molar refractivity (Wildman–Crippen MR) is 113 cm³/mol. The predicted octanol–water partition coefficient (Wildman–Crippen LogP) is 4.75. The maximum atomic E-state index is 13.7. The van der Waals surface area contributed by atoms with Crippen molar-refractivity contribution in [1.29, 1.82) is 0 Å². The zero-order chi connectivity index (χ0) is 21.5. The Morgan fingerprint density at radius 3 is 2.50 bits per heavy atom. The van der Waals surface area contributed by atoms with E-state index in [0.717, 1.165) is 19.1 Å². The molecule has 0 radical (unpaired) electrons. The summed E-state index contributed by atoms with van der Waals surface area (Å²) in [7, 11) is -3.50. The van der Waals surface area contributed by atoms with Crippen molar-refractivity contribution >= 4 is 21.4 Å². The second-order valence-corrected chi connectivity index (χ2v) is 10.2. The number of rotatable bonds is 7. The number of aromatic nitrogens is 2. The fraction of sp³-hybridized carbons (Fsp3) is 0.318. The molecular weight excluding hydrogens is 427 g/mol. The third kappa shape index (κ3) is 4.15. The number of hydrogen-bond donors (Lipinski definition) is 1. The molecule has 1 N–H and O–H groups in total. The van der Waals surface area contributed by atoms with E-state index in [4.69, 9.17) is 16.3 Å². The van der Waals surface area contributed by atoms with Crippen LogP contribution in [0.2, 0.25) is 5.02 Å². The van der Waals surface area contributed by atoms with Crippen LogP contribution in [-0.2, 0) is 20.0 Å². The molecule has 158 valence electrons. The maximum absolute atomic E-state index is 13.7. The lowest BCUT2D eigenvalue weighted by Gasteiger charge is -2.22. The first kappa shape index (κ1) is 21.0. The first-order chi connectivity index (χ1) is 14.2. The highest BCUT2D eigenvalue weighted by Crippen LogP contribution is 2.49. The van der Waals surface area contributed by atoms with E-state index in [2.05, 4.69) is 22.1 Å². The molecule has 1 atom stereocenters. The summed E-state index contributed by atoms with van der Waals surface area (Å²) in [5.41, 5.74) is 2.15. The zero-order valence-corrected chi connectivity index (χ0v) is 18.2. The summed E-state index contributed by atoms with van der Waals surface area (Å²) in [5.74, 6) is -0.186. The van der Waals surface area contributed by atoms with Crippen molar-refractivity contribution in [3.05, 3.63) is 82.0 Å². The average Bonchev–Trinajstić information content (AvgIpc) is 3.39. The molecular formula is C22H22ClFN2O3S. The molecule has 30 heavy (non-hydrogen) atoms. The summed E-state index contributed by atoms with van der Waals surface area (Å²) in [5, 5.41) is -0.0552. The van der Waals surface area contributed by atoms with Crippen LogP contribution >= 0.6 is 11.6 Å². The van der Waals surface area contributed by atoms with Crippen molar-refractivity contribution in [1.82, 2.24) is 9.97 Å². The van der Waals surface area contributed by atoms with E-state index >= 15 is 0 Å². The van der Waals surface area contributed by atoms with Crippen LogP contribution in [0.1, 0.15) is 41.6 Å². The number of imidazole rings is 1. The highest BCUT2D eigenvalue weighted by molar-refractivity contribution is 7.90. The highest BCUT2D eigenvalue weighted by atomic mass is 35.5. The highest BCUT2D eigenvalue weighted by Gasteiger charge is 2.45. The molecule has 1 saturated carbocycles. The van der Waals surface area contributed by atoms with Gasteiger partial charge in [0.15, 0.2) is 14.9 Å². The zero-order valence-electron chi connectivity index (χ0n) is 16.7. The molecule has 1 heterocycles. The van der Waals surface area contributed by atoms with Crippen molar-refractivity contribution < 1.29 is 17.5 Å². The third-order valence-corrected chi connectivity index (χ3v) is 6.86. The molecule has 1 fully saturated rings. The van der Waals surface area contributed by atoms with Gasteiger partial charge in [-0.05, 0) is 43.0 Å². The van der Waals surface area contributed by atoms with Crippen molar-refractivity contribution in [2.45, 2.75) is 36.3 Å². The minimum Gasteiger partial charge on any atom is -0.365 e. The van der Waals surface area contributed by atoms with E-state index in [1.54, 1.807) is 13.0 Å². The SMILES string of the molecule is Cc1[nH]c(C(OCC2(c3ccccc3)CC2)c2ccc(F)c(Cl)c2)nc1S(C)(=O)=O. The molecule has 0 spiro atoms. The molecule has 5 nitrogen and oxygen atoms in total. The van der Waals surface area contributed by atoms with Gasteiger partial charge in [-0.3, -0.25) is 0 Å². The van der Waals surface area contributed by atoms with Crippen LogP contribution in [0, 0.1) is 12.7 Å². The van der Waals surface area contributed by atoms with Gasteiger partial charge in [0.05, 0.1) is 17.3 Å². The molecule has 3 aromatic rings. The van der Waals surface area contributed by atoms with E-state index in [1.807, 2.05) is 18.2 Å². The summed E-state index contributed by atoms with van der Waals surface area (Å²) in [6.07, 6.45) is 2.40. The molecule has 4 rings (SSSR count). The Morgan fingerprint density at radius 2 is 1.93 bits per heavy atom. The summed E-state index contributed by atoms with van der Waals surface area (Å²) in [6.45, 7) is 2.07. The number of aryl methyl sites for hydroxylation is 1. The van der Waals surface area contributed by atoms with Crippen molar-refractivity contribution in [3.8, 4) is 0 Å². The number of nitrogens with zero attached hydrogens (tertiary/aromatic N) is 1. The van der Waals surface area contributed by atoms with E-state index in [1.165, 1.54) is 17.7 Å². The number of halogens is 2. The third-order valence-electron chi connectivity index (χ3n) is 5.47. The molecule has 1 aliphatic rings. The largest absolute Gasteiger partial charge is 0.365 e. The smallest absolute Gasteiger partial charge is 0.194 e. The van der Waals surface area contributed by atoms with Crippen molar-refractivity contribution in [2.75, 3.05) is 12.9 Å². The normalized spacial score (nSPS) is 16.4. The number of sulfone groups is 1. The van der Waals surface area contributed by atoms with Gasteiger partial charge >= 0.3 is 0 Å². The van der Waals surface area contributed by atoms with Gasteiger partial charge in [0, 0.05) is 11.7 Å². The number of nitrogens with one attached hydrogen (secondary N) is 1. The van der Waals surface area contributed by atoms with Gasteiger partial charge in [-0.25, -0.2) is 17.8 Å². The fourth-order valence-electron chi connectivity index (χ4n) is 3.66. The number of benzene rings is 2. The molecule has 0 bridgehead atoms. The van der Waals surface area contributed by atoms with Crippen LogP contribution in [-0.4, -0.2) is 31.2 Å². The topological polar surface area (TPSA) is 72.0 Å². The summed E-state index contributed by atoms with van der Waals surface area (Å²) in [4.78, 5) is 7.33. The lowest BCUT2D eigenvalue weighted by molar-refractivity contribution is 0.0578. The van der Waals surface area contributed by atoms with Crippen LogP contribution in [0.3, 0.4) is 0 Å². The second-order valence-electron chi connectivity index (χ2n) is 7.84. The standard InChI is InChI=1S/C22H22ClFN2O3S/c1-14-21(30(2,27)28)26-20(25-14)19(15-8-9-18(24)17(23)12-15)29-13-22(10-11-22)16-6-4-3-5-7-16/h3-9,12,19H,10-11,13H2,1-2H3,(H,25,26). The minimum absolute atomic E-state index is 0.0245. The summed E-state index contributed by atoms with van der Waals surface area (Å²) >= 11 is 6.00. The van der Waals surface area contributed by atoms with E-state index in [-0.39, 0.29) is 15.5 Å². The molecule has 1 aromatic heterocycles. The Hall–Kier alpha value is -2.22. The molecule has 0 saturated heterocycles. The van der Waals surface area contributed by atoms with Gasteiger partial charge in [0.2, 0.25) is 0 Å². The van der Waals surface area contributed by atoms with Gasteiger partial charge in [0.25, 0.3) is 0 Å². The molecule has 2 aromatic carbocycles. The van der Waals surface area contributed by atoms with Gasteiger partial charge in [-0.15, -0.1) is 0 Å². The van der Waals surface area contributed by atoms with Crippen LogP contribution in [0.5, 0.6) is 0 Å². The van der Waals surface area contributed by atoms with E-state index in [0.29, 0.717) is 23.7 Å². The number of aromatic amines is 1. The molecule has 1 unspecified atom stereocenters. The first-order valence-electron chi connectivity index (χ1n) is 9.58. The van der Waals surface area contributed by atoms with E-state index < -0.39 is 21.8 Å². The number of H-pyrrole nitrogens is 1. The maximum Gasteiger partial charge on any atom is 0.194 e. The average molecular weight is 449 g/mol. The molecule has 0 amide bonds. The summed E-state index contributed by atoms with van der Waals surface area (Å²) < 4.78 is 44.1. The van der Waals surface area contributed by atoms with E-state index in [9.17, 15) is 12.8 Å². The Labute approximate surface area is 180 Å². The Balaban J connectivity index is 1.69. The lowest BCUT2D eigenvalue weighted by atomic mass is 9.97. The van der Waals surface area contributed by atoms with Crippen molar-refractivity contribution in [2.24, 2.45) is 0 Å². The molecule has 1 aliphatic carbocycles. The Bertz CT molecular complexity index is 1170. The fourth-order valence-corrected chi connectivity index (χ4v) is 4.72. The quantitative estimate of drug-likeness (QED) is 0.566.